The van der Waals surface area contributed by atoms with E-state index in [0.29, 0.717) is 50.1 Å². The van der Waals surface area contributed by atoms with Crippen molar-refractivity contribution in [2.45, 2.75) is 62.7 Å². The number of carbonyl (C=O) groups is 4. The summed E-state index contributed by atoms with van der Waals surface area (Å²) in [5.41, 5.74) is 17.2. The van der Waals surface area contributed by atoms with E-state index in [2.05, 4.69) is 25.6 Å². The van der Waals surface area contributed by atoms with Crippen molar-refractivity contribution in [2.24, 2.45) is 22.2 Å². The molecule has 4 unspecified atom stereocenters. The van der Waals surface area contributed by atoms with Crippen molar-refractivity contribution < 1.29 is 24.3 Å². The fraction of sp³-hybridized carbons (Fsp3) is 0.636. The number of rotatable bonds is 15. The van der Waals surface area contributed by atoms with Crippen LogP contribution in [0.15, 0.2) is 17.5 Å². The van der Waals surface area contributed by atoms with Gasteiger partial charge in [-0.1, -0.05) is 0 Å². The first kappa shape index (κ1) is 29.9. The van der Waals surface area contributed by atoms with E-state index in [1.165, 1.54) is 29.2 Å². The van der Waals surface area contributed by atoms with Crippen LogP contribution in [0.3, 0.4) is 0 Å². The molecule has 1 aliphatic rings. The average molecular weight is 540 g/mol. The Kier molecular flexibility index (Phi) is 12.2. The second-order valence-corrected chi connectivity index (χ2v) is 9.75. The number of nitrogens with two attached hydrogens (primary N) is 3. The molecule has 10 N–H and O–H groups in total. The summed E-state index contributed by atoms with van der Waals surface area (Å²) in [5.74, 6) is -2.12. The first-order chi connectivity index (χ1) is 17.6. The number of aromatic nitrogens is 2. The Morgan fingerprint density at radius 2 is 1.97 bits per heavy atom. The van der Waals surface area contributed by atoms with Gasteiger partial charge in [-0.25, -0.2) is 9.78 Å². The molecule has 1 aromatic rings. The number of carboxylic acid groups (broad SMARTS) is 1. The number of carbonyl (C=O) groups excluding carboxylic acids is 3. The van der Waals surface area contributed by atoms with Gasteiger partial charge < -0.3 is 42.8 Å². The molecule has 0 aromatic carbocycles. The van der Waals surface area contributed by atoms with Gasteiger partial charge in [-0.05, 0) is 44.1 Å². The molecule has 0 aliphatic carbocycles. The number of nitrogens with one attached hydrogen (secondary N) is 3. The lowest BCUT2D eigenvalue weighted by atomic mass is 10.1. The molecule has 1 fully saturated rings. The third kappa shape index (κ3) is 9.57. The second-order valence-electron chi connectivity index (χ2n) is 8.77. The molecule has 15 heteroatoms. The zero-order chi connectivity index (χ0) is 27.4. The van der Waals surface area contributed by atoms with Crippen molar-refractivity contribution in [2.75, 3.05) is 25.1 Å². The van der Waals surface area contributed by atoms with Crippen molar-refractivity contribution in [3.8, 4) is 0 Å². The largest absolute Gasteiger partial charge is 0.480 e. The third-order valence-corrected chi connectivity index (χ3v) is 6.61. The number of carboxylic acids is 1. The number of amides is 3. The molecule has 206 valence electrons. The maximum Gasteiger partial charge on any atom is 0.326 e. The maximum atomic E-state index is 13.4. The van der Waals surface area contributed by atoms with Gasteiger partial charge in [0.25, 0.3) is 0 Å². The van der Waals surface area contributed by atoms with Gasteiger partial charge in [0.05, 0.1) is 12.4 Å². The Hall–Kier alpha value is -3.33. The first-order valence-corrected chi connectivity index (χ1v) is 13.4. The Morgan fingerprint density at radius 3 is 2.59 bits per heavy atom. The molecule has 14 nitrogen and oxygen atoms in total. The molecule has 0 spiro atoms. The summed E-state index contributed by atoms with van der Waals surface area (Å²) in [6.07, 6.45) is 6.94. The van der Waals surface area contributed by atoms with E-state index in [1.54, 1.807) is 0 Å². The van der Waals surface area contributed by atoms with Crippen LogP contribution >= 0.6 is 11.8 Å². The molecule has 37 heavy (non-hydrogen) atoms. The van der Waals surface area contributed by atoms with Gasteiger partial charge in [-0.15, -0.1) is 0 Å². The van der Waals surface area contributed by atoms with Crippen LogP contribution in [0.25, 0.3) is 0 Å². The predicted octanol–water partition coefficient (Wildman–Crippen LogP) is -1.87. The van der Waals surface area contributed by atoms with E-state index >= 15 is 0 Å². The number of imidazole rings is 1. The van der Waals surface area contributed by atoms with Crippen LogP contribution in [0.2, 0.25) is 0 Å². The summed E-state index contributed by atoms with van der Waals surface area (Å²) >= 11 is 1.50. The fourth-order valence-electron chi connectivity index (χ4n) is 4.01. The Bertz CT molecular complexity index is 939. The van der Waals surface area contributed by atoms with Gasteiger partial charge in [0.15, 0.2) is 5.96 Å². The normalized spacial score (nSPS) is 17.5. The monoisotopic (exact) mass is 539 g/mol. The number of hydrogen-bond donors (Lipinski definition) is 7. The smallest absolute Gasteiger partial charge is 0.326 e. The zero-order valence-electron chi connectivity index (χ0n) is 20.9. The van der Waals surface area contributed by atoms with Gasteiger partial charge in [-0.3, -0.25) is 19.4 Å². The van der Waals surface area contributed by atoms with Crippen LogP contribution in [0, 0.1) is 0 Å². The lowest BCUT2D eigenvalue weighted by molar-refractivity contribution is -0.149. The van der Waals surface area contributed by atoms with Crippen LogP contribution in [-0.4, -0.2) is 98.9 Å². The van der Waals surface area contributed by atoms with Crippen molar-refractivity contribution in [1.82, 2.24) is 25.5 Å². The highest BCUT2D eigenvalue weighted by atomic mass is 32.2. The molecule has 1 aliphatic heterocycles. The third-order valence-electron chi connectivity index (χ3n) is 5.96. The molecular weight excluding hydrogens is 502 g/mol. The Morgan fingerprint density at radius 1 is 1.24 bits per heavy atom. The molecule has 3 amide bonds. The van der Waals surface area contributed by atoms with Crippen LogP contribution in [-0.2, 0) is 25.6 Å². The molecule has 0 radical (unpaired) electrons. The topological polar surface area (TPSA) is 235 Å². The van der Waals surface area contributed by atoms with E-state index in [4.69, 9.17) is 17.2 Å². The minimum absolute atomic E-state index is 0.0466. The quantitative estimate of drug-likeness (QED) is 0.0744. The fourth-order valence-corrected chi connectivity index (χ4v) is 4.48. The van der Waals surface area contributed by atoms with Crippen molar-refractivity contribution in [3.63, 3.8) is 0 Å². The SMILES string of the molecule is CSCCC(NC(=O)C(N)CCCN=C(N)N)C(=O)NC(Cc1cnc[nH]1)C(=O)N1CCCC1C(=O)O. The Balaban J connectivity index is 2.11. The molecule has 1 saturated heterocycles. The van der Waals surface area contributed by atoms with Crippen LogP contribution in [0.5, 0.6) is 0 Å². The van der Waals surface area contributed by atoms with Gasteiger partial charge in [0.2, 0.25) is 17.7 Å². The Labute approximate surface area is 219 Å². The number of hydrogen-bond acceptors (Lipinski definition) is 8. The number of thioether (sulfide) groups is 1. The van der Waals surface area contributed by atoms with E-state index in [0.717, 1.165) is 0 Å². The molecule has 2 rings (SSSR count). The molecule has 4 atom stereocenters. The number of likely N-dealkylation sites (tertiary alicyclic amines) is 1. The van der Waals surface area contributed by atoms with Gasteiger partial charge in [0.1, 0.15) is 18.1 Å². The number of aliphatic imine (C=N–C) groups is 1. The molecule has 1 aromatic heterocycles. The predicted molar refractivity (Wildman–Crippen MR) is 139 cm³/mol. The van der Waals surface area contributed by atoms with Gasteiger partial charge >= 0.3 is 5.97 Å². The van der Waals surface area contributed by atoms with E-state index in [1.807, 2.05) is 6.26 Å². The summed E-state index contributed by atoms with van der Waals surface area (Å²) in [4.78, 5) is 62.9. The lowest BCUT2D eigenvalue weighted by Gasteiger charge is -2.28. The van der Waals surface area contributed by atoms with Crippen molar-refractivity contribution >= 4 is 41.4 Å². The minimum atomic E-state index is -1.09. The average Bonchev–Trinajstić information content (AvgIpc) is 3.55. The standard InChI is InChI=1S/C22H37N9O5S/c1-37-9-6-15(29-18(32)14(23)4-2-7-27-22(24)25)19(33)30-16(10-13-11-26-12-28-13)20(34)31-8-3-5-17(31)21(35)36/h11-12,14-17H,2-10,23H2,1H3,(H,26,28)(H,29,32)(H,30,33)(H,35,36)(H4,24,25,27). The van der Waals surface area contributed by atoms with Crippen LogP contribution in [0.4, 0.5) is 0 Å². The summed E-state index contributed by atoms with van der Waals surface area (Å²) in [7, 11) is 0. The number of guanidine groups is 1. The summed E-state index contributed by atoms with van der Waals surface area (Å²) in [6, 6.07) is -3.80. The molecule has 0 saturated carbocycles. The minimum Gasteiger partial charge on any atom is -0.480 e. The highest BCUT2D eigenvalue weighted by Gasteiger charge is 2.38. The van der Waals surface area contributed by atoms with Crippen molar-refractivity contribution in [1.29, 1.82) is 0 Å². The van der Waals surface area contributed by atoms with Gasteiger partial charge in [0, 0.05) is 31.4 Å². The maximum absolute atomic E-state index is 13.4. The number of aromatic amines is 1. The molecular formula is C22H37N9O5S. The van der Waals surface area contributed by atoms with Crippen molar-refractivity contribution in [3.05, 3.63) is 18.2 Å². The zero-order valence-corrected chi connectivity index (χ0v) is 21.7. The number of nitrogens with zero attached hydrogens (tertiary/aromatic N) is 3. The highest BCUT2D eigenvalue weighted by Crippen LogP contribution is 2.19. The molecule has 2 heterocycles. The first-order valence-electron chi connectivity index (χ1n) is 12.0. The van der Waals surface area contributed by atoms with Crippen LogP contribution in [0.1, 0.15) is 37.8 Å². The summed E-state index contributed by atoms with van der Waals surface area (Å²) < 4.78 is 0. The van der Waals surface area contributed by atoms with Crippen LogP contribution < -0.4 is 27.8 Å². The number of H-pyrrole nitrogens is 1. The second kappa shape index (κ2) is 15.0. The van der Waals surface area contributed by atoms with E-state index in [9.17, 15) is 24.3 Å². The van der Waals surface area contributed by atoms with E-state index in [-0.39, 0.29) is 18.9 Å². The van der Waals surface area contributed by atoms with Gasteiger partial charge in [-0.2, -0.15) is 11.8 Å². The summed E-state index contributed by atoms with van der Waals surface area (Å²) in [6.45, 7) is 0.609. The lowest BCUT2D eigenvalue weighted by Crippen LogP contribution is -2.57. The highest BCUT2D eigenvalue weighted by molar-refractivity contribution is 7.98. The number of aliphatic carboxylic acids is 1. The van der Waals surface area contributed by atoms with E-state index < -0.39 is 47.9 Å². The summed E-state index contributed by atoms with van der Waals surface area (Å²) in [5, 5.41) is 14.9. The molecule has 0 bridgehead atoms.